The summed E-state index contributed by atoms with van der Waals surface area (Å²) in [6.07, 6.45) is 0.576. The molecule has 0 aliphatic heterocycles. The Hall–Kier alpha value is -1.65. The van der Waals surface area contributed by atoms with E-state index >= 15 is 0 Å². The van der Waals surface area contributed by atoms with E-state index < -0.39 is 10.1 Å². The Morgan fingerprint density at radius 3 is 2.25 bits per heavy atom. The molecule has 2 aromatic rings. The quantitative estimate of drug-likeness (QED) is 0.812. The van der Waals surface area contributed by atoms with Crippen molar-refractivity contribution in [3.63, 3.8) is 0 Å². The van der Waals surface area contributed by atoms with E-state index in [0.29, 0.717) is 6.42 Å². The standard InChI is InChI=1S/C16H18O3S/c1-12-9-10-16(20(17,18)19-3)15(13(12)2)11-14-7-5-4-6-8-14/h4-10H,11H2,1-3H3. The second-order valence-corrected chi connectivity index (χ2v) is 6.45. The van der Waals surface area contributed by atoms with E-state index in [9.17, 15) is 8.42 Å². The SMILES string of the molecule is COS(=O)(=O)c1ccc(C)c(C)c1Cc1ccccc1. The first kappa shape index (κ1) is 14.8. The molecule has 0 N–H and O–H groups in total. The Kier molecular flexibility index (Phi) is 4.26. The fourth-order valence-electron chi connectivity index (χ4n) is 2.19. The van der Waals surface area contributed by atoms with Crippen molar-refractivity contribution in [2.24, 2.45) is 0 Å². The van der Waals surface area contributed by atoms with Gasteiger partial charge in [0.05, 0.1) is 12.0 Å². The zero-order chi connectivity index (χ0) is 14.8. The zero-order valence-corrected chi connectivity index (χ0v) is 12.7. The average molecular weight is 290 g/mol. The van der Waals surface area contributed by atoms with Gasteiger partial charge in [-0.05, 0) is 48.6 Å². The summed E-state index contributed by atoms with van der Waals surface area (Å²) in [5.41, 5.74) is 3.95. The van der Waals surface area contributed by atoms with E-state index in [1.165, 1.54) is 7.11 Å². The zero-order valence-electron chi connectivity index (χ0n) is 11.9. The molecule has 106 valence electrons. The Labute approximate surface area is 120 Å². The molecule has 20 heavy (non-hydrogen) atoms. The lowest BCUT2D eigenvalue weighted by Crippen LogP contribution is -2.09. The van der Waals surface area contributed by atoms with E-state index in [0.717, 1.165) is 22.3 Å². The molecule has 0 bridgehead atoms. The number of hydrogen-bond acceptors (Lipinski definition) is 3. The molecule has 2 aromatic carbocycles. The van der Waals surface area contributed by atoms with Gasteiger partial charge in [-0.3, -0.25) is 4.18 Å². The Balaban J connectivity index is 2.58. The van der Waals surface area contributed by atoms with Gasteiger partial charge in [0.25, 0.3) is 10.1 Å². The first-order valence-corrected chi connectivity index (χ1v) is 7.80. The molecule has 0 aliphatic carbocycles. The number of benzene rings is 2. The molecule has 0 saturated heterocycles. The van der Waals surface area contributed by atoms with Crippen molar-refractivity contribution < 1.29 is 12.6 Å². The van der Waals surface area contributed by atoms with Crippen LogP contribution in [0.4, 0.5) is 0 Å². The molecule has 3 nitrogen and oxygen atoms in total. The summed E-state index contributed by atoms with van der Waals surface area (Å²) in [7, 11) is -2.50. The summed E-state index contributed by atoms with van der Waals surface area (Å²) in [6.45, 7) is 3.93. The van der Waals surface area contributed by atoms with Crippen LogP contribution in [0, 0.1) is 13.8 Å². The van der Waals surface area contributed by atoms with Gasteiger partial charge in [0, 0.05) is 0 Å². The van der Waals surface area contributed by atoms with Crippen LogP contribution >= 0.6 is 0 Å². The molecular weight excluding hydrogens is 272 g/mol. The van der Waals surface area contributed by atoms with Gasteiger partial charge in [-0.2, -0.15) is 8.42 Å². The molecule has 0 amide bonds. The second-order valence-electron chi connectivity index (χ2n) is 4.77. The minimum atomic E-state index is -3.69. The van der Waals surface area contributed by atoms with Crippen LogP contribution < -0.4 is 0 Å². The summed E-state index contributed by atoms with van der Waals surface area (Å²) in [5.74, 6) is 0. The highest BCUT2D eigenvalue weighted by molar-refractivity contribution is 7.86. The van der Waals surface area contributed by atoms with Crippen LogP contribution in [0.15, 0.2) is 47.4 Å². The van der Waals surface area contributed by atoms with Gasteiger partial charge >= 0.3 is 0 Å². The predicted octanol–water partition coefficient (Wildman–Crippen LogP) is 3.23. The molecule has 0 fully saturated rings. The van der Waals surface area contributed by atoms with Crippen LogP contribution in [-0.4, -0.2) is 15.5 Å². The van der Waals surface area contributed by atoms with Crippen molar-refractivity contribution >= 4 is 10.1 Å². The predicted molar refractivity (Wildman–Crippen MR) is 79.4 cm³/mol. The summed E-state index contributed by atoms with van der Waals surface area (Å²) < 4.78 is 28.8. The maximum absolute atomic E-state index is 12.1. The monoisotopic (exact) mass is 290 g/mol. The van der Waals surface area contributed by atoms with Crippen LogP contribution in [0.1, 0.15) is 22.3 Å². The van der Waals surface area contributed by atoms with Gasteiger partial charge < -0.3 is 0 Å². The molecule has 0 aliphatic rings. The van der Waals surface area contributed by atoms with E-state index in [2.05, 4.69) is 4.18 Å². The van der Waals surface area contributed by atoms with Crippen molar-refractivity contribution in [2.75, 3.05) is 7.11 Å². The van der Waals surface area contributed by atoms with E-state index in [4.69, 9.17) is 0 Å². The topological polar surface area (TPSA) is 43.4 Å². The number of aryl methyl sites for hydroxylation is 1. The van der Waals surface area contributed by atoms with E-state index in [-0.39, 0.29) is 4.90 Å². The molecule has 4 heteroatoms. The molecule has 2 rings (SSSR count). The molecule has 0 atom stereocenters. The lowest BCUT2D eigenvalue weighted by Gasteiger charge is -2.14. The first-order chi connectivity index (χ1) is 9.45. The van der Waals surface area contributed by atoms with Gasteiger partial charge in [0.2, 0.25) is 0 Å². The maximum atomic E-state index is 12.1. The third kappa shape index (κ3) is 2.92. The molecule has 0 radical (unpaired) electrons. The fraction of sp³-hybridized carbons (Fsp3) is 0.250. The third-order valence-corrected chi connectivity index (χ3v) is 4.90. The van der Waals surface area contributed by atoms with Gasteiger partial charge in [0.1, 0.15) is 0 Å². The third-order valence-electron chi connectivity index (χ3n) is 3.54. The molecule has 0 unspecified atom stereocenters. The average Bonchev–Trinajstić information content (AvgIpc) is 2.45. The van der Waals surface area contributed by atoms with Crippen LogP contribution in [0.5, 0.6) is 0 Å². The Morgan fingerprint density at radius 2 is 1.65 bits per heavy atom. The number of rotatable bonds is 4. The maximum Gasteiger partial charge on any atom is 0.297 e. The molecule has 0 aromatic heterocycles. The van der Waals surface area contributed by atoms with Crippen molar-refractivity contribution in [3.8, 4) is 0 Å². The van der Waals surface area contributed by atoms with Crippen molar-refractivity contribution in [3.05, 3.63) is 64.7 Å². The van der Waals surface area contributed by atoms with Crippen molar-refractivity contribution in [2.45, 2.75) is 25.2 Å². The summed E-state index contributed by atoms with van der Waals surface area (Å²) in [4.78, 5) is 0.256. The first-order valence-electron chi connectivity index (χ1n) is 6.39. The van der Waals surface area contributed by atoms with E-state index in [1.54, 1.807) is 6.07 Å². The normalized spacial score (nSPS) is 11.6. The summed E-state index contributed by atoms with van der Waals surface area (Å²) in [6, 6.07) is 13.3. The lowest BCUT2D eigenvalue weighted by molar-refractivity contribution is 0.397. The smallest absolute Gasteiger partial charge is 0.270 e. The van der Waals surface area contributed by atoms with E-state index in [1.807, 2.05) is 50.2 Å². The summed E-state index contributed by atoms with van der Waals surface area (Å²) in [5, 5.41) is 0. The molecular formula is C16H18O3S. The van der Waals surface area contributed by atoms with Gasteiger partial charge in [-0.15, -0.1) is 0 Å². The van der Waals surface area contributed by atoms with Gasteiger partial charge in [0.15, 0.2) is 0 Å². The minimum Gasteiger partial charge on any atom is -0.270 e. The van der Waals surface area contributed by atoms with Crippen LogP contribution in [-0.2, 0) is 20.7 Å². The fourth-order valence-corrected chi connectivity index (χ4v) is 3.13. The highest BCUT2D eigenvalue weighted by Gasteiger charge is 2.20. The largest absolute Gasteiger partial charge is 0.297 e. The molecule has 0 heterocycles. The van der Waals surface area contributed by atoms with Crippen LogP contribution in [0.25, 0.3) is 0 Å². The summed E-state index contributed by atoms with van der Waals surface area (Å²) >= 11 is 0. The van der Waals surface area contributed by atoms with Crippen molar-refractivity contribution in [1.29, 1.82) is 0 Å². The lowest BCUT2D eigenvalue weighted by atomic mass is 9.97. The minimum absolute atomic E-state index is 0.256. The van der Waals surface area contributed by atoms with Gasteiger partial charge in [-0.1, -0.05) is 36.4 Å². The highest BCUT2D eigenvalue weighted by atomic mass is 32.2. The molecule has 0 saturated carbocycles. The van der Waals surface area contributed by atoms with Gasteiger partial charge in [-0.25, -0.2) is 0 Å². The van der Waals surface area contributed by atoms with Crippen molar-refractivity contribution in [1.82, 2.24) is 0 Å². The van der Waals surface area contributed by atoms with Crippen LogP contribution in [0.2, 0.25) is 0 Å². The Bertz CT molecular complexity index is 704. The Morgan fingerprint density at radius 1 is 1.00 bits per heavy atom. The molecule has 0 spiro atoms. The number of hydrogen-bond donors (Lipinski definition) is 0. The highest BCUT2D eigenvalue weighted by Crippen LogP contribution is 2.26. The second kappa shape index (κ2) is 5.77. The van der Waals surface area contributed by atoms with Crippen LogP contribution in [0.3, 0.4) is 0 Å².